The summed E-state index contributed by atoms with van der Waals surface area (Å²) >= 11 is 0. The normalized spacial score (nSPS) is 20.9. The van der Waals surface area contributed by atoms with Gasteiger partial charge in [-0.15, -0.1) is 0 Å². The number of hydrogen-bond donors (Lipinski definition) is 1. The number of halogens is 1. The first-order valence-electron chi connectivity index (χ1n) is 8.73. The minimum atomic E-state index is -0.766. The van der Waals surface area contributed by atoms with Gasteiger partial charge in [0.25, 0.3) is 0 Å². The molecule has 1 saturated heterocycles. The highest BCUT2D eigenvalue weighted by Crippen LogP contribution is 2.48. The maximum Gasteiger partial charge on any atom is 0.321 e. The number of likely N-dealkylation sites (N-methyl/N-ethyl adjacent to an activating group) is 1. The number of carbonyl (C=O) groups excluding carboxylic acids is 2. The largest absolute Gasteiger partial charge is 0.497 e. The van der Waals surface area contributed by atoms with Gasteiger partial charge in [0, 0.05) is 31.5 Å². The molecule has 27 heavy (non-hydrogen) atoms. The van der Waals surface area contributed by atoms with Crippen LogP contribution in [0.25, 0.3) is 0 Å². The highest BCUT2D eigenvalue weighted by molar-refractivity contribution is 6.09. The predicted octanol–water partition coefficient (Wildman–Crippen LogP) is 2.99. The molecule has 2 heterocycles. The Hall–Kier alpha value is -3.09. The molecule has 0 bridgehead atoms. The van der Waals surface area contributed by atoms with Crippen LogP contribution in [0.3, 0.4) is 0 Å². The summed E-state index contributed by atoms with van der Waals surface area (Å²) in [7, 11) is 3.33. The van der Waals surface area contributed by atoms with Crippen molar-refractivity contribution in [1.29, 1.82) is 0 Å². The first kappa shape index (κ1) is 17.3. The van der Waals surface area contributed by atoms with Crippen molar-refractivity contribution in [2.75, 3.05) is 37.5 Å². The van der Waals surface area contributed by atoms with Gasteiger partial charge in [0.15, 0.2) is 0 Å². The Morgan fingerprint density at radius 1 is 1.26 bits per heavy atom. The number of rotatable bonds is 2. The van der Waals surface area contributed by atoms with Crippen molar-refractivity contribution >= 4 is 23.3 Å². The maximum atomic E-state index is 13.3. The molecular formula is C20H20FN3O3. The van der Waals surface area contributed by atoms with E-state index in [9.17, 15) is 14.0 Å². The Kier molecular flexibility index (Phi) is 4.02. The van der Waals surface area contributed by atoms with Gasteiger partial charge in [-0.05, 0) is 48.4 Å². The van der Waals surface area contributed by atoms with Crippen molar-refractivity contribution < 1.29 is 18.7 Å². The standard InChI is InChI=1S/C20H20FN3O3/c1-23-17-7-6-15(27-2)11-16(17)20(18(23)25)8-9-24(12-20)19(26)22-14-5-3-4-13(21)10-14/h3-7,10-11H,8-9,12H2,1-2H3,(H,22,26)/t20-/m0/s1. The molecule has 2 aromatic carbocycles. The van der Waals surface area contributed by atoms with Crippen molar-refractivity contribution in [1.82, 2.24) is 4.90 Å². The summed E-state index contributed by atoms with van der Waals surface area (Å²) in [6.07, 6.45) is 0.535. The number of ether oxygens (including phenoxy) is 1. The molecule has 1 fully saturated rings. The van der Waals surface area contributed by atoms with Crippen LogP contribution in [0.15, 0.2) is 42.5 Å². The molecule has 2 aliphatic rings. The van der Waals surface area contributed by atoms with E-state index in [2.05, 4.69) is 5.32 Å². The second kappa shape index (κ2) is 6.26. The van der Waals surface area contributed by atoms with E-state index in [1.54, 1.807) is 30.0 Å². The number of hydrogen-bond acceptors (Lipinski definition) is 3. The molecule has 4 rings (SSSR count). The number of methoxy groups -OCH3 is 1. The minimum Gasteiger partial charge on any atom is -0.497 e. The van der Waals surface area contributed by atoms with Crippen LogP contribution in [0.4, 0.5) is 20.6 Å². The lowest BCUT2D eigenvalue weighted by molar-refractivity contribution is -0.122. The number of nitrogens with one attached hydrogen (secondary N) is 1. The lowest BCUT2D eigenvalue weighted by atomic mass is 9.81. The average Bonchev–Trinajstić information content (AvgIpc) is 3.20. The number of fused-ring (bicyclic) bond motifs is 2. The monoisotopic (exact) mass is 369 g/mol. The lowest BCUT2D eigenvalue weighted by Gasteiger charge is -2.24. The number of urea groups is 1. The van der Waals surface area contributed by atoms with Gasteiger partial charge in [0.1, 0.15) is 11.6 Å². The van der Waals surface area contributed by atoms with Crippen molar-refractivity contribution in [3.8, 4) is 5.75 Å². The highest BCUT2D eigenvalue weighted by atomic mass is 19.1. The predicted molar refractivity (Wildman–Crippen MR) is 99.7 cm³/mol. The number of likely N-dealkylation sites (tertiary alicyclic amines) is 1. The average molecular weight is 369 g/mol. The number of amides is 3. The van der Waals surface area contributed by atoms with Gasteiger partial charge in [-0.25, -0.2) is 9.18 Å². The van der Waals surface area contributed by atoms with E-state index in [0.29, 0.717) is 24.4 Å². The summed E-state index contributed by atoms with van der Waals surface area (Å²) in [5.74, 6) is 0.241. The number of anilines is 2. The second-order valence-corrected chi connectivity index (χ2v) is 6.94. The molecule has 0 saturated carbocycles. The zero-order chi connectivity index (χ0) is 19.2. The van der Waals surface area contributed by atoms with Gasteiger partial charge in [0.05, 0.1) is 12.5 Å². The molecule has 6 nitrogen and oxygen atoms in total. The molecule has 1 N–H and O–H groups in total. The molecule has 0 unspecified atom stereocenters. The third kappa shape index (κ3) is 2.70. The second-order valence-electron chi connectivity index (χ2n) is 6.94. The van der Waals surface area contributed by atoms with Crippen molar-refractivity contribution in [2.45, 2.75) is 11.8 Å². The Labute approximate surface area is 156 Å². The Balaban J connectivity index is 1.60. The van der Waals surface area contributed by atoms with Crippen molar-refractivity contribution in [3.63, 3.8) is 0 Å². The maximum absolute atomic E-state index is 13.3. The third-order valence-corrected chi connectivity index (χ3v) is 5.43. The summed E-state index contributed by atoms with van der Waals surface area (Å²) in [5.41, 5.74) is 1.35. The fraction of sp³-hybridized carbons (Fsp3) is 0.300. The molecule has 3 amide bonds. The van der Waals surface area contributed by atoms with E-state index in [4.69, 9.17) is 4.74 Å². The van der Waals surface area contributed by atoms with E-state index in [1.165, 1.54) is 18.2 Å². The molecule has 0 radical (unpaired) electrons. The molecule has 1 atom stereocenters. The van der Waals surface area contributed by atoms with Gasteiger partial charge >= 0.3 is 6.03 Å². The third-order valence-electron chi connectivity index (χ3n) is 5.43. The summed E-state index contributed by atoms with van der Waals surface area (Å²) in [6, 6.07) is 11.0. The summed E-state index contributed by atoms with van der Waals surface area (Å²) in [5, 5.41) is 2.70. The van der Waals surface area contributed by atoms with Crippen molar-refractivity contribution in [2.24, 2.45) is 0 Å². The molecule has 0 aromatic heterocycles. The van der Waals surface area contributed by atoms with Crippen LogP contribution < -0.4 is 15.0 Å². The zero-order valence-corrected chi connectivity index (χ0v) is 15.2. The van der Waals surface area contributed by atoms with Gasteiger partial charge in [-0.1, -0.05) is 6.07 Å². The SMILES string of the molecule is COc1ccc2c(c1)[C@@]1(CCN(C(=O)Nc3cccc(F)c3)C1)C(=O)N2C. The van der Waals surface area contributed by atoms with Crippen LogP contribution in [0.5, 0.6) is 5.75 Å². The lowest BCUT2D eigenvalue weighted by Crippen LogP contribution is -2.42. The van der Waals surface area contributed by atoms with Crippen LogP contribution in [-0.4, -0.2) is 44.1 Å². The van der Waals surface area contributed by atoms with E-state index < -0.39 is 11.2 Å². The molecule has 0 aliphatic carbocycles. The van der Waals surface area contributed by atoms with Crippen LogP contribution in [0.1, 0.15) is 12.0 Å². The first-order valence-corrected chi connectivity index (χ1v) is 8.73. The van der Waals surface area contributed by atoms with Crippen LogP contribution >= 0.6 is 0 Å². The topological polar surface area (TPSA) is 61.9 Å². The van der Waals surface area contributed by atoms with E-state index in [-0.39, 0.29) is 18.5 Å². The summed E-state index contributed by atoms with van der Waals surface area (Å²) < 4.78 is 18.7. The van der Waals surface area contributed by atoms with Gasteiger partial charge in [-0.3, -0.25) is 4.79 Å². The molecular weight excluding hydrogens is 349 g/mol. The van der Waals surface area contributed by atoms with Crippen LogP contribution in [0, 0.1) is 5.82 Å². The fourth-order valence-corrected chi connectivity index (χ4v) is 4.01. The molecule has 1 spiro atoms. The number of nitrogens with zero attached hydrogens (tertiary/aromatic N) is 2. The van der Waals surface area contributed by atoms with Crippen molar-refractivity contribution in [3.05, 3.63) is 53.8 Å². The van der Waals surface area contributed by atoms with Gasteiger partial charge in [-0.2, -0.15) is 0 Å². The number of carbonyl (C=O) groups is 2. The Morgan fingerprint density at radius 3 is 2.81 bits per heavy atom. The highest BCUT2D eigenvalue weighted by Gasteiger charge is 2.54. The quantitative estimate of drug-likeness (QED) is 0.885. The van der Waals surface area contributed by atoms with E-state index >= 15 is 0 Å². The summed E-state index contributed by atoms with van der Waals surface area (Å²) in [4.78, 5) is 28.9. The van der Waals surface area contributed by atoms with E-state index in [0.717, 1.165) is 11.3 Å². The van der Waals surface area contributed by atoms with Crippen LogP contribution in [-0.2, 0) is 10.2 Å². The Morgan fingerprint density at radius 2 is 2.07 bits per heavy atom. The molecule has 7 heteroatoms. The fourth-order valence-electron chi connectivity index (χ4n) is 4.01. The number of benzene rings is 2. The smallest absolute Gasteiger partial charge is 0.321 e. The minimum absolute atomic E-state index is 0.0215. The first-order chi connectivity index (χ1) is 12.9. The molecule has 2 aliphatic heterocycles. The van der Waals surface area contributed by atoms with E-state index in [1.807, 2.05) is 18.2 Å². The van der Waals surface area contributed by atoms with Crippen LogP contribution in [0.2, 0.25) is 0 Å². The molecule has 2 aromatic rings. The van der Waals surface area contributed by atoms with Gasteiger partial charge in [0.2, 0.25) is 5.91 Å². The van der Waals surface area contributed by atoms with Gasteiger partial charge < -0.3 is 19.9 Å². The zero-order valence-electron chi connectivity index (χ0n) is 15.2. The summed E-state index contributed by atoms with van der Waals surface area (Å²) in [6.45, 7) is 0.717. The molecule has 140 valence electrons. The Bertz CT molecular complexity index is 932.